The number of carbonyl (C=O) groups is 1. The highest BCUT2D eigenvalue weighted by atomic mass is 32.1. The van der Waals surface area contributed by atoms with Gasteiger partial charge in [-0.05, 0) is 32.2 Å². The fourth-order valence-corrected chi connectivity index (χ4v) is 3.31. The molecule has 1 aliphatic rings. The molecule has 2 rings (SSSR count). The molecule has 2 N–H and O–H groups in total. The number of carbonyl (C=O) groups excluding carboxylic acids is 1. The van der Waals surface area contributed by atoms with Crippen molar-refractivity contribution >= 4 is 22.2 Å². The summed E-state index contributed by atoms with van der Waals surface area (Å²) in [5.74, 6) is -0.0414. The summed E-state index contributed by atoms with van der Waals surface area (Å²) >= 11 is 1.38. The van der Waals surface area contributed by atoms with Crippen LogP contribution in [0.25, 0.3) is 0 Å². The molecule has 1 amide bonds. The Morgan fingerprint density at radius 1 is 1.55 bits per heavy atom. The number of nitrogens with one attached hydrogen (secondary N) is 2. The minimum absolute atomic E-state index is 0.0414. The topological polar surface area (TPSA) is 66.6 Å². The van der Waals surface area contributed by atoms with Crippen molar-refractivity contribution in [3.63, 3.8) is 0 Å². The molecule has 1 aromatic rings. The first-order valence-electron chi connectivity index (χ1n) is 6.79. The highest BCUT2D eigenvalue weighted by Gasteiger charge is 2.33. The average molecular weight is 294 g/mol. The molecule has 108 valence electrons. The first-order valence-corrected chi connectivity index (χ1v) is 7.67. The third-order valence-electron chi connectivity index (χ3n) is 3.59. The number of rotatable bonds is 3. The van der Waals surface area contributed by atoms with Crippen LogP contribution in [0.4, 0.5) is 5.00 Å². The van der Waals surface area contributed by atoms with Crippen molar-refractivity contribution in [1.82, 2.24) is 0 Å². The summed E-state index contributed by atoms with van der Waals surface area (Å²) in [4.78, 5) is 13.5. The van der Waals surface area contributed by atoms with Crippen LogP contribution in [0.5, 0.6) is 0 Å². The van der Waals surface area contributed by atoms with Crippen LogP contribution >= 0.6 is 11.3 Å². The summed E-state index contributed by atoms with van der Waals surface area (Å²) in [6.45, 7) is 7.65. The zero-order valence-electron chi connectivity index (χ0n) is 12.0. The van der Waals surface area contributed by atoms with E-state index in [0.717, 1.165) is 13.1 Å². The lowest BCUT2D eigenvalue weighted by Gasteiger charge is -2.35. The van der Waals surface area contributed by atoms with E-state index in [0.29, 0.717) is 10.6 Å². The maximum atomic E-state index is 12.3. The Morgan fingerprint density at radius 2 is 2.20 bits per heavy atom. The molecule has 20 heavy (non-hydrogen) atoms. The lowest BCUT2D eigenvalue weighted by molar-refractivity contribution is -0.928. The number of nitriles is 1. The van der Waals surface area contributed by atoms with Crippen LogP contribution in [-0.4, -0.2) is 37.2 Å². The van der Waals surface area contributed by atoms with Gasteiger partial charge >= 0.3 is 0 Å². The van der Waals surface area contributed by atoms with Crippen LogP contribution in [0.3, 0.4) is 0 Å². The summed E-state index contributed by atoms with van der Waals surface area (Å²) in [6.07, 6.45) is 0.334. The van der Waals surface area contributed by atoms with Crippen LogP contribution in [0.2, 0.25) is 0 Å². The lowest BCUT2D eigenvalue weighted by atomic mass is 10.1. The summed E-state index contributed by atoms with van der Waals surface area (Å²) in [7, 11) is 0. The Labute approximate surface area is 123 Å². The van der Waals surface area contributed by atoms with E-state index < -0.39 is 0 Å². The van der Waals surface area contributed by atoms with Gasteiger partial charge in [0.1, 0.15) is 36.4 Å². The van der Waals surface area contributed by atoms with Crippen molar-refractivity contribution in [3.8, 4) is 6.07 Å². The molecule has 0 bridgehead atoms. The van der Waals surface area contributed by atoms with E-state index in [1.165, 1.54) is 16.2 Å². The van der Waals surface area contributed by atoms with E-state index in [1.54, 1.807) is 6.07 Å². The van der Waals surface area contributed by atoms with Gasteiger partial charge in [0, 0.05) is 0 Å². The molecule has 0 spiro atoms. The smallest absolute Gasteiger partial charge is 0.283 e. The maximum Gasteiger partial charge on any atom is 0.283 e. The predicted octanol–water partition coefficient (Wildman–Crippen LogP) is 0.639. The molecular weight excluding hydrogens is 274 g/mol. The van der Waals surface area contributed by atoms with Gasteiger partial charge in [0.15, 0.2) is 6.04 Å². The number of quaternary nitrogens is 1. The van der Waals surface area contributed by atoms with Crippen LogP contribution in [0, 0.1) is 11.3 Å². The van der Waals surface area contributed by atoms with Crippen LogP contribution in [-0.2, 0) is 9.53 Å². The van der Waals surface area contributed by atoms with Gasteiger partial charge < -0.3 is 15.0 Å². The molecule has 0 aromatic carbocycles. The molecule has 4 atom stereocenters. The predicted molar refractivity (Wildman–Crippen MR) is 77.8 cm³/mol. The number of morpholine rings is 1. The summed E-state index contributed by atoms with van der Waals surface area (Å²) in [5, 5.41) is 14.3. The van der Waals surface area contributed by atoms with Crippen molar-refractivity contribution < 1.29 is 14.4 Å². The highest BCUT2D eigenvalue weighted by Crippen LogP contribution is 2.22. The average Bonchev–Trinajstić information content (AvgIpc) is 2.83. The highest BCUT2D eigenvalue weighted by molar-refractivity contribution is 7.14. The Hall–Kier alpha value is -1.42. The fourth-order valence-electron chi connectivity index (χ4n) is 2.57. The molecule has 1 fully saturated rings. The SMILES string of the molecule is C[C@@H]1C[NH+]([C@@H](C)C(=O)Nc2sccc2C#N)C[C@H](C)O1. The van der Waals surface area contributed by atoms with Gasteiger partial charge in [-0.25, -0.2) is 0 Å². The lowest BCUT2D eigenvalue weighted by Crippen LogP contribution is -3.19. The van der Waals surface area contributed by atoms with Crippen molar-refractivity contribution in [3.05, 3.63) is 17.0 Å². The Morgan fingerprint density at radius 3 is 2.80 bits per heavy atom. The molecule has 1 aromatic heterocycles. The number of amides is 1. The van der Waals surface area contributed by atoms with Crippen molar-refractivity contribution in [2.75, 3.05) is 18.4 Å². The van der Waals surface area contributed by atoms with Gasteiger partial charge in [0.2, 0.25) is 0 Å². The monoisotopic (exact) mass is 294 g/mol. The van der Waals surface area contributed by atoms with E-state index in [1.807, 2.05) is 26.2 Å². The van der Waals surface area contributed by atoms with E-state index in [2.05, 4.69) is 11.4 Å². The minimum atomic E-state index is -0.155. The van der Waals surface area contributed by atoms with Gasteiger partial charge in [0.25, 0.3) is 5.91 Å². The Balaban J connectivity index is 2.00. The first-order chi connectivity index (χ1) is 9.51. The zero-order valence-corrected chi connectivity index (χ0v) is 12.8. The van der Waals surface area contributed by atoms with Crippen LogP contribution in [0.1, 0.15) is 26.3 Å². The Kier molecular flexibility index (Phi) is 4.76. The maximum absolute atomic E-state index is 12.3. The molecular formula is C14H20N3O2S+. The summed E-state index contributed by atoms with van der Waals surface area (Å²) in [6, 6.07) is 3.65. The number of thiophene rings is 1. The standard InChI is InChI=1S/C14H19N3O2S/c1-9-7-17(8-10(2)19-9)11(3)13(18)16-14-12(6-15)4-5-20-14/h4-5,9-11H,7-8H2,1-3H3,(H,16,18)/p+1/t9-,10+,11-/m0/s1. The second kappa shape index (κ2) is 6.35. The summed E-state index contributed by atoms with van der Waals surface area (Å²) < 4.78 is 5.70. The largest absolute Gasteiger partial charge is 0.364 e. The number of hydrogen-bond donors (Lipinski definition) is 2. The van der Waals surface area contributed by atoms with Gasteiger partial charge in [0.05, 0.1) is 5.56 Å². The molecule has 0 aliphatic carbocycles. The van der Waals surface area contributed by atoms with Gasteiger partial charge in [-0.15, -0.1) is 11.3 Å². The molecule has 1 unspecified atom stereocenters. The third-order valence-corrected chi connectivity index (χ3v) is 4.42. The van der Waals surface area contributed by atoms with E-state index in [4.69, 9.17) is 10.00 Å². The first kappa shape index (κ1) is 15.0. The molecule has 5 nitrogen and oxygen atoms in total. The van der Waals surface area contributed by atoms with Crippen LogP contribution in [0.15, 0.2) is 11.4 Å². The Bertz CT molecular complexity index is 513. The van der Waals surface area contributed by atoms with E-state index in [9.17, 15) is 4.79 Å². The van der Waals surface area contributed by atoms with Crippen LogP contribution < -0.4 is 10.2 Å². The second-order valence-corrected chi connectivity index (χ2v) is 6.23. The fraction of sp³-hybridized carbons (Fsp3) is 0.571. The number of anilines is 1. The normalized spacial score (nSPS) is 27.6. The van der Waals surface area contributed by atoms with Gasteiger partial charge in [-0.3, -0.25) is 4.79 Å². The molecule has 1 saturated heterocycles. The van der Waals surface area contributed by atoms with Crippen molar-refractivity contribution in [2.45, 2.75) is 39.0 Å². The van der Waals surface area contributed by atoms with Gasteiger partial charge in [-0.2, -0.15) is 5.26 Å². The van der Waals surface area contributed by atoms with E-state index in [-0.39, 0.29) is 24.2 Å². The van der Waals surface area contributed by atoms with Crippen molar-refractivity contribution in [2.24, 2.45) is 0 Å². The molecule has 1 aliphatic heterocycles. The molecule has 0 radical (unpaired) electrons. The van der Waals surface area contributed by atoms with E-state index >= 15 is 0 Å². The number of nitrogens with zero attached hydrogens (tertiary/aromatic N) is 1. The zero-order chi connectivity index (χ0) is 14.7. The molecule has 2 heterocycles. The van der Waals surface area contributed by atoms with Gasteiger partial charge in [-0.1, -0.05) is 0 Å². The van der Waals surface area contributed by atoms with Crippen molar-refractivity contribution in [1.29, 1.82) is 5.26 Å². The quantitative estimate of drug-likeness (QED) is 0.860. The minimum Gasteiger partial charge on any atom is -0.364 e. The third kappa shape index (κ3) is 3.37. The molecule has 6 heteroatoms. The summed E-state index contributed by atoms with van der Waals surface area (Å²) in [5.41, 5.74) is 0.522. The second-order valence-electron chi connectivity index (χ2n) is 5.31. The molecule has 0 saturated carbocycles. The number of hydrogen-bond acceptors (Lipinski definition) is 4. The number of ether oxygens (including phenoxy) is 1.